The fraction of sp³-hybridized carbons (Fsp3) is 0.243. The zero-order valence-electron chi connectivity index (χ0n) is 27.5. The van der Waals surface area contributed by atoms with Crippen molar-refractivity contribution in [1.82, 2.24) is 15.4 Å². The number of carboxylic acids is 1. The van der Waals surface area contributed by atoms with Gasteiger partial charge in [-0.05, 0) is 59.2 Å². The van der Waals surface area contributed by atoms with E-state index in [1.807, 2.05) is 54.6 Å². The van der Waals surface area contributed by atoms with Gasteiger partial charge in [-0.1, -0.05) is 91.0 Å². The molecule has 0 radical (unpaired) electrons. The van der Waals surface area contributed by atoms with E-state index < -0.39 is 45.6 Å². The maximum absolute atomic E-state index is 13.9. The molecule has 2 atom stereocenters. The van der Waals surface area contributed by atoms with Crippen LogP contribution in [0.1, 0.15) is 56.6 Å². The minimum atomic E-state index is -4.14. The van der Waals surface area contributed by atoms with Gasteiger partial charge >= 0.3 is 5.97 Å². The highest BCUT2D eigenvalue weighted by atomic mass is 32.2. The number of aromatic carboxylic acids is 1. The number of benzene rings is 4. The highest BCUT2D eigenvalue weighted by molar-refractivity contribution is 7.88. The van der Waals surface area contributed by atoms with E-state index in [1.165, 1.54) is 24.3 Å². The Bertz CT molecular complexity index is 1900. The van der Waals surface area contributed by atoms with E-state index in [-0.39, 0.29) is 42.9 Å². The Morgan fingerprint density at radius 2 is 1.40 bits per heavy atom. The molecule has 262 valence electrons. The van der Waals surface area contributed by atoms with Gasteiger partial charge in [0.15, 0.2) is 0 Å². The lowest BCUT2D eigenvalue weighted by Crippen LogP contribution is -2.54. The van der Waals surface area contributed by atoms with Gasteiger partial charge in [-0.2, -0.15) is 0 Å². The molecule has 2 unspecified atom stereocenters. The summed E-state index contributed by atoms with van der Waals surface area (Å²) in [6.07, 6.45) is 1.30. The van der Waals surface area contributed by atoms with Crippen LogP contribution >= 0.6 is 0 Å². The Balaban J connectivity index is 1.55. The monoisotopic (exact) mass is 698 g/mol. The number of aryl methyl sites for hydroxylation is 1. The van der Waals surface area contributed by atoms with E-state index in [0.717, 1.165) is 22.3 Å². The lowest BCUT2D eigenvalue weighted by atomic mass is 10.0. The number of carbonyl (C=O) groups excluding carboxylic acids is 2. The van der Waals surface area contributed by atoms with Gasteiger partial charge in [0, 0.05) is 25.1 Å². The summed E-state index contributed by atoms with van der Waals surface area (Å²) >= 11 is 0. The first kappa shape index (κ1) is 37.4. The lowest BCUT2D eigenvalue weighted by molar-refractivity contribution is -0.130. The smallest absolute Gasteiger partial charge is 0.335 e. The molecule has 0 saturated heterocycles. The number of nitrogens with two attached hydrogens (primary N) is 2. The van der Waals surface area contributed by atoms with E-state index in [2.05, 4.69) is 15.4 Å². The second-order valence-corrected chi connectivity index (χ2v) is 13.7. The molecular formula is C37H42N6O6S. The van der Waals surface area contributed by atoms with Crippen LogP contribution in [0.4, 0.5) is 0 Å². The number of nitrogen functional groups attached to an aromatic ring is 1. The number of hydrogen-bond donors (Lipinski definition) is 7. The normalized spacial score (nSPS) is 12.4. The molecule has 0 aliphatic rings. The maximum Gasteiger partial charge on any atom is 0.335 e. The van der Waals surface area contributed by atoms with E-state index in [4.69, 9.17) is 16.9 Å². The minimum Gasteiger partial charge on any atom is -0.478 e. The molecule has 4 aromatic carbocycles. The molecule has 0 fully saturated rings. The number of amides is 2. The average Bonchev–Trinajstić information content (AvgIpc) is 3.10. The molecule has 2 amide bonds. The first-order valence-electron chi connectivity index (χ1n) is 16.1. The van der Waals surface area contributed by atoms with Crippen LogP contribution in [0.15, 0.2) is 103 Å². The van der Waals surface area contributed by atoms with Crippen LogP contribution in [0.5, 0.6) is 0 Å². The van der Waals surface area contributed by atoms with Crippen LogP contribution in [0.2, 0.25) is 0 Å². The Labute approximate surface area is 291 Å². The zero-order chi connectivity index (χ0) is 36.1. The summed E-state index contributed by atoms with van der Waals surface area (Å²) in [7, 11) is -4.14. The maximum atomic E-state index is 13.9. The quantitative estimate of drug-likeness (QED) is 0.0604. The van der Waals surface area contributed by atoms with E-state index in [0.29, 0.717) is 18.4 Å². The fourth-order valence-electron chi connectivity index (χ4n) is 5.39. The number of rotatable bonds is 18. The molecule has 4 aromatic rings. The van der Waals surface area contributed by atoms with Gasteiger partial charge in [-0.25, -0.2) is 17.9 Å². The van der Waals surface area contributed by atoms with Crippen molar-refractivity contribution >= 4 is 33.6 Å². The van der Waals surface area contributed by atoms with Gasteiger partial charge in [0.25, 0.3) is 0 Å². The Kier molecular flexibility index (Phi) is 13.4. The highest BCUT2D eigenvalue weighted by Crippen LogP contribution is 2.14. The van der Waals surface area contributed by atoms with Gasteiger partial charge in [-0.15, -0.1) is 0 Å². The SMILES string of the molecule is N=C(N)c1ccc(CNC(=O)C(Cc2cccc(CN)c2)NC(=O)C(CCCc2ccccc2)NS(=O)(=O)Cc2cccc(C(=O)O)c2)cc1. The van der Waals surface area contributed by atoms with Crippen molar-refractivity contribution in [2.75, 3.05) is 0 Å². The summed E-state index contributed by atoms with van der Waals surface area (Å²) in [4.78, 5) is 39.0. The zero-order valence-corrected chi connectivity index (χ0v) is 28.3. The molecular weight excluding hydrogens is 657 g/mol. The van der Waals surface area contributed by atoms with Crippen LogP contribution in [-0.2, 0) is 51.3 Å². The summed E-state index contributed by atoms with van der Waals surface area (Å²) < 4.78 is 29.3. The molecule has 0 aliphatic carbocycles. The molecule has 12 nitrogen and oxygen atoms in total. The van der Waals surface area contributed by atoms with Gasteiger partial charge in [0.1, 0.15) is 17.9 Å². The van der Waals surface area contributed by atoms with Crippen molar-refractivity contribution in [3.63, 3.8) is 0 Å². The van der Waals surface area contributed by atoms with E-state index in [9.17, 15) is 27.9 Å². The van der Waals surface area contributed by atoms with Gasteiger partial charge in [0.05, 0.1) is 11.3 Å². The standard InChI is InChI=1S/C37H42N6O6S/c38-22-28-11-4-10-27(19-28)21-33(35(44)41-23-26-15-17-30(18-16-26)34(39)40)42-36(45)32(14-6-9-25-7-2-1-3-8-25)43-50(48,49)24-29-12-5-13-31(20-29)37(46)47/h1-5,7-8,10-13,15-20,32-33,43H,6,9,14,21-24,38H2,(H3,39,40)(H,41,44)(H,42,45)(H,46,47). The predicted octanol–water partition coefficient (Wildman–Crippen LogP) is 2.98. The second kappa shape index (κ2) is 17.9. The third kappa shape index (κ3) is 11.7. The molecule has 0 aromatic heterocycles. The molecule has 0 heterocycles. The molecule has 0 aliphatic heterocycles. The number of amidine groups is 1. The number of nitrogens with one attached hydrogen (secondary N) is 4. The topological polar surface area (TPSA) is 218 Å². The molecule has 50 heavy (non-hydrogen) atoms. The third-order valence-corrected chi connectivity index (χ3v) is 9.36. The lowest BCUT2D eigenvalue weighted by Gasteiger charge is -2.24. The number of hydrogen-bond acceptors (Lipinski definition) is 7. The summed E-state index contributed by atoms with van der Waals surface area (Å²) in [5.41, 5.74) is 15.5. The molecule has 9 N–H and O–H groups in total. The number of carbonyl (C=O) groups is 3. The van der Waals surface area contributed by atoms with Crippen molar-refractivity contribution in [1.29, 1.82) is 5.41 Å². The fourth-order valence-corrected chi connectivity index (χ4v) is 6.75. The third-order valence-electron chi connectivity index (χ3n) is 8.00. The van der Waals surface area contributed by atoms with Gasteiger partial charge in [0.2, 0.25) is 21.8 Å². The molecule has 0 spiro atoms. The van der Waals surface area contributed by atoms with Crippen LogP contribution in [-0.4, -0.2) is 49.2 Å². The van der Waals surface area contributed by atoms with E-state index >= 15 is 0 Å². The Hall–Kier alpha value is -5.37. The molecule has 0 saturated carbocycles. The van der Waals surface area contributed by atoms with E-state index in [1.54, 1.807) is 24.3 Å². The number of carboxylic acid groups (broad SMARTS) is 1. The van der Waals surface area contributed by atoms with Gasteiger partial charge < -0.3 is 27.2 Å². The van der Waals surface area contributed by atoms with Crippen molar-refractivity contribution in [2.24, 2.45) is 11.5 Å². The average molecular weight is 699 g/mol. The predicted molar refractivity (Wildman–Crippen MR) is 192 cm³/mol. The highest BCUT2D eigenvalue weighted by Gasteiger charge is 2.29. The van der Waals surface area contributed by atoms with Crippen molar-refractivity contribution in [3.8, 4) is 0 Å². The van der Waals surface area contributed by atoms with Crippen molar-refractivity contribution in [2.45, 2.75) is 56.6 Å². The first-order chi connectivity index (χ1) is 23.9. The first-order valence-corrected chi connectivity index (χ1v) is 17.7. The molecule has 13 heteroatoms. The number of sulfonamides is 1. The minimum absolute atomic E-state index is 0.0581. The van der Waals surface area contributed by atoms with Crippen LogP contribution in [0.25, 0.3) is 0 Å². The Morgan fingerprint density at radius 1 is 0.740 bits per heavy atom. The van der Waals surface area contributed by atoms with Gasteiger partial charge in [-0.3, -0.25) is 15.0 Å². The summed E-state index contributed by atoms with van der Waals surface area (Å²) in [5, 5.41) is 22.6. The second-order valence-electron chi connectivity index (χ2n) is 11.9. The van der Waals surface area contributed by atoms with Crippen molar-refractivity contribution in [3.05, 3.63) is 142 Å². The largest absolute Gasteiger partial charge is 0.478 e. The molecule has 4 rings (SSSR count). The summed E-state index contributed by atoms with van der Waals surface area (Å²) in [5.74, 6) is -2.98. The summed E-state index contributed by atoms with van der Waals surface area (Å²) in [6.45, 7) is 0.419. The molecule has 0 bridgehead atoms. The van der Waals surface area contributed by atoms with Crippen LogP contribution < -0.4 is 26.8 Å². The van der Waals surface area contributed by atoms with Crippen LogP contribution in [0.3, 0.4) is 0 Å². The van der Waals surface area contributed by atoms with Crippen LogP contribution in [0, 0.1) is 5.41 Å². The Morgan fingerprint density at radius 3 is 2.08 bits per heavy atom. The van der Waals surface area contributed by atoms with Crippen molar-refractivity contribution < 1.29 is 27.9 Å². The summed E-state index contributed by atoms with van der Waals surface area (Å²) in [6, 6.07) is 27.0.